The Hall–Kier alpha value is -3.61. The quantitative estimate of drug-likeness (QED) is 0.292. The number of piperidine rings is 1. The number of benzene rings is 2. The molecule has 2 aromatic carbocycles. The number of ether oxygens (including phenoxy) is 1. The fraction of sp³-hybridized carbons (Fsp3) is 0.400. The second-order valence-corrected chi connectivity index (χ2v) is 10.1. The summed E-state index contributed by atoms with van der Waals surface area (Å²) in [6.45, 7) is 2.06. The monoisotopic (exact) mass is 539 g/mol. The summed E-state index contributed by atoms with van der Waals surface area (Å²) >= 11 is 0. The average Bonchev–Trinajstić information content (AvgIpc) is 2.92. The van der Waals surface area contributed by atoms with Gasteiger partial charge in [0.1, 0.15) is 5.75 Å². The second-order valence-electron chi connectivity index (χ2n) is 10.1. The van der Waals surface area contributed by atoms with Crippen molar-refractivity contribution in [3.8, 4) is 17.6 Å². The average molecular weight is 540 g/mol. The molecule has 4 rings (SSSR count). The van der Waals surface area contributed by atoms with Gasteiger partial charge in [-0.3, -0.25) is 14.7 Å². The van der Waals surface area contributed by atoms with Crippen LogP contribution >= 0.6 is 0 Å². The molecule has 0 aliphatic carbocycles. The maximum Gasteiger partial charge on any atom is 0.303 e. The summed E-state index contributed by atoms with van der Waals surface area (Å²) in [5.74, 6) is 1.45. The van der Waals surface area contributed by atoms with Crippen LogP contribution in [0.15, 0.2) is 36.5 Å². The van der Waals surface area contributed by atoms with E-state index in [0.29, 0.717) is 39.0 Å². The lowest BCUT2D eigenvalue weighted by molar-refractivity contribution is -0.140. The minimum absolute atomic E-state index is 0.0711. The number of aryl methyl sites for hydroxylation is 1. The zero-order valence-corrected chi connectivity index (χ0v) is 21.9. The van der Waals surface area contributed by atoms with Crippen molar-refractivity contribution in [3.63, 3.8) is 0 Å². The number of nitrogens with two attached hydrogens (primary N) is 1. The number of hydrogen-bond acceptors (Lipinski definition) is 5. The third kappa shape index (κ3) is 6.88. The summed E-state index contributed by atoms with van der Waals surface area (Å²) in [5.41, 5.74) is 8.71. The number of carboxylic acids is 1. The van der Waals surface area contributed by atoms with Crippen LogP contribution < -0.4 is 10.5 Å². The molecule has 3 N–H and O–H groups in total. The van der Waals surface area contributed by atoms with Crippen molar-refractivity contribution in [3.05, 3.63) is 70.7 Å². The SMILES string of the molecule is COc1ccc2ncc(CN)c(CCCC3(CC(=O)O)CCN(CC#Cc4cc(F)c(F)c(F)c4)CC3)c2c1. The van der Waals surface area contributed by atoms with E-state index in [0.717, 1.165) is 59.2 Å². The maximum absolute atomic E-state index is 13.4. The lowest BCUT2D eigenvalue weighted by Crippen LogP contribution is -2.41. The summed E-state index contributed by atoms with van der Waals surface area (Å²) in [6.07, 6.45) is 5.62. The Balaban J connectivity index is 1.41. The second kappa shape index (κ2) is 12.5. The first-order valence-corrected chi connectivity index (χ1v) is 13.0. The molecule has 1 aromatic heterocycles. The topological polar surface area (TPSA) is 88.7 Å². The number of carboxylic acid groups (broad SMARTS) is 1. The fourth-order valence-electron chi connectivity index (χ4n) is 5.41. The van der Waals surface area contributed by atoms with Crippen LogP contribution in [-0.2, 0) is 17.8 Å². The Morgan fingerprint density at radius 1 is 1.18 bits per heavy atom. The number of methoxy groups -OCH3 is 1. The van der Waals surface area contributed by atoms with Gasteiger partial charge < -0.3 is 15.6 Å². The fourth-order valence-corrected chi connectivity index (χ4v) is 5.41. The van der Waals surface area contributed by atoms with Crippen LogP contribution in [0.25, 0.3) is 10.9 Å². The van der Waals surface area contributed by atoms with Crippen molar-refractivity contribution < 1.29 is 27.8 Å². The number of carbonyl (C=O) groups is 1. The van der Waals surface area contributed by atoms with Crippen LogP contribution in [0.5, 0.6) is 5.75 Å². The number of rotatable bonds is 9. The van der Waals surface area contributed by atoms with E-state index < -0.39 is 23.4 Å². The van der Waals surface area contributed by atoms with Gasteiger partial charge in [-0.05, 0) is 92.1 Å². The van der Waals surface area contributed by atoms with E-state index in [-0.39, 0.29) is 17.4 Å². The molecule has 39 heavy (non-hydrogen) atoms. The van der Waals surface area contributed by atoms with Crippen LogP contribution in [0.1, 0.15) is 48.8 Å². The maximum atomic E-state index is 13.4. The van der Waals surface area contributed by atoms with Gasteiger partial charge in [-0.2, -0.15) is 0 Å². The Bertz CT molecular complexity index is 1380. The molecule has 1 fully saturated rings. The van der Waals surface area contributed by atoms with Gasteiger partial charge in [0, 0.05) is 23.7 Å². The van der Waals surface area contributed by atoms with E-state index in [1.54, 1.807) is 7.11 Å². The molecule has 0 saturated carbocycles. The molecule has 0 radical (unpaired) electrons. The molecule has 1 aliphatic heterocycles. The molecule has 9 heteroatoms. The molecule has 3 aromatic rings. The molecule has 2 heterocycles. The highest BCUT2D eigenvalue weighted by Crippen LogP contribution is 2.40. The Morgan fingerprint density at radius 3 is 2.54 bits per heavy atom. The van der Waals surface area contributed by atoms with Crippen LogP contribution in [0.3, 0.4) is 0 Å². The van der Waals surface area contributed by atoms with E-state index in [1.807, 2.05) is 24.4 Å². The smallest absolute Gasteiger partial charge is 0.303 e. The zero-order valence-electron chi connectivity index (χ0n) is 21.9. The van der Waals surface area contributed by atoms with Crippen molar-refractivity contribution in [2.24, 2.45) is 11.1 Å². The molecule has 0 bridgehead atoms. The number of likely N-dealkylation sites (tertiary alicyclic amines) is 1. The van der Waals surface area contributed by atoms with Gasteiger partial charge in [0.05, 0.1) is 25.6 Å². The summed E-state index contributed by atoms with van der Waals surface area (Å²) in [6, 6.07) is 7.51. The molecule has 206 valence electrons. The van der Waals surface area contributed by atoms with Crippen molar-refractivity contribution in [2.75, 3.05) is 26.7 Å². The number of hydrogen-bond donors (Lipinski definition) is 2. The van der Waals surface area contributed by atoms with Crippen molar-refractivity contribution in [1.29, 1.82) is 0 Å². The van der Waals surface area contributed by atoms with Crippen LogP contribution in [0.4, 0.5) is 13.2 Å². The molecule has 0 atom stereocenters. The number of fused-ring (bicyclic) bond motifs is 1. The molecule has 1 saturated heterocycles. The van der Waals surface area contributed by atoms with E-state index >= 15 is 0 Å². The highest BCUT2D eigenvalue weighted by molar-refractivity contribution is 5.84. The van der Waals surface area contributed by atoms with Crippen molar-refractivity contribution >= 4 is 16.9 Å². The zero-order chi connectivity index (χ0) is 28.0. The highest BCUT2D eigenvalue weighted by Gasteiger charge is 2.36. The Morgan fingerprint density at radius 2 is 1.90 bits per heavy atom. The minimum atomic E-state index is -1.51. The van der Waals surface area contributed by atoms with E-state index in [1.165, 1.54) is 0 Å². The first kappa shape index (κ1) is 28.4. The summed E-state index contributed by atoms with van der Waals surface area (Å²) in [7, 11) is 1.62. The number of pyridine rings is 1. The van der Waals surface area contributed by atoms with E-state index in [2.05, 4.69) is 21.7 Å². The highest BCUT2D eigenvalue weighted by atomic mass is 19.2. The minimum Gasteiger partial charge on any atom is -0.497 e. The van der Waals surface area contributed by atoms with Gasteiger partial charge in [-0.1, -0.05) is 11.8 Å². The van der Waals surface area contributed by atoms with E-state index in [9.17, 15) is 23.1 Å². The number of aliphatic carboxylic acids is 1. The summed E-state index contributed by atoms with van der Waals surface area (Å²) in [5, 5.41) is 10.7. The molecule has 1 aliphatic rings. The van der Waals surface area contributed by atoms with Crippen molar-refractivity contribution in [1.82, 2.24) is 9.88 Å². The predicted molar refractivity (Wildman–Crippen MR) is 143 cm³/mol. The Labute approximate surface area is 226 Å². The lowest BCUT2D eigenvalue weighted by Gasteiger charge is -2.41. The molecule has 0 spiro atoms. The molecule has 0 amide bonds. The first-order chi connectivity index (χ1) is 18.7. The van der Waals surface area contributed by atoms with Gasteiger partial charge in [-0.25, -0.2) is 13.2 Å². The first-order valence-electron chi connectivity index (χ1n) is 13.0. The normalized spacial score (nSPS) is 15.1. The number of halogens is 3. The summed E-state index contributed by atoms with van der Waals surface area (Å²) < 4.78 is 45.4. The third-order valence-electron chi connectivity index (χ3n) is 7.59. The van der Waals surface area contributed by atoms with Gasteiger partial charge >= 0.3 is 5.97 Å². The predicted octanol–water partition coefficient (Wildman–Crippen LogP) is 5.05. The molecular weight excluding hydrogens is 507 g/mol. The van der Waals surface area contributed by atoms with Crippen molar-refractivity contribution in [2.45, 2.75) is 45.1 Å². The number of aromatic nitrogens is 1. The van der Waals surface area contributed by atoms with Gasteiger partial charge in [0.25, 0.3) is 0 Å². The van der Waals surface area contributed by atoms with Crippen LogP contribution in [0, 0.1) is 34.7 Å². The molecule has 0 unspecified atom stereocenters. The van der Waals surface area contributed by atoms with Gasteiger partial charge in [0.15, 0.2) is 17.5 Å². The third-order valence-corrected chi connectivity index (χ3v) is 7.59. The standard InChI is InChI=1S/C30H32F3N3O3/c1-39-22-6-7-27-24(16-22)23(21(18-34)19-35-27)5-2-8-30(17-28(37)38)9-12-36(13-10-30)11-3-4-20-14-25(31)29(33)26(32)15-20/h6-7,14-16,19H,2,5,8-13,17-18,34H2,1H3,(H,37,38). The summed E-state index contributed by atoms with van der Waals surface area (Å²) in [4.78, 5) is 18.4. The van der Waals surface area contributed by atoms with Gasteiger partial charge in [-0.15, -0.1) is 0 Å². The van der Waals surface area contributed by atoms with E-state index in [4.69, 9.17) is 10.5 Å². The largest absolute Gasteiger partial charge is 0.497 e. The number of nitrogens with zero attached hydrogens (tertiary/aromatic N) is 2. The Kier molecular flexibility index (Phi) is 9.10. The van der Waals surface area contributed by atoms with Gasteiger partial charge in [0.2, 0.25) is 0 Å². The van der Waals surface area contributed by atoms with Crippen LogP contribution in [0.2, 0.25) is 0 Å². The molecular formula is C30H32F3N3O3. The molecule has 6 nitrogen and oxygen atoms in total. The lowest BCUT2D eigenvalue weighted by atomic mass is 9.72. The van der Waals surface area contributed by atoms with Crippen LogP contribution in [-0.4, -0.2) is 47.7 Å².